The first-order valence-corrected chi connectivity index (χ1v) is 5.05. The van der Waals surface area contributed by atoms with E-state index in [2.05, 4.69) is 28.7 Å². The van der Waals surface area contributed by atoms with Gasteiger partial charge in [-0.15, -0.1) is 0 Å². The molecule has 2 rings (SSSR count). The average Bonchev–Trinajstić information content (AvgIpc) is 2.71. The van der Waals surface area contributed by atoms with Gasteiger partial charge in [0.15, 0.2) is 0 Å². The molecule has 0 bridgehead atoms. The molecule has 0 heterocycles. The van der Waals surface area contributed by atoms with Gasteiger partial charge < -0.3 is 0 Å². The zero-order chi connectivity index (χ0) is 10.2. The SMILES string of the molecule is C=Cc1ccccc1.[Fe][C]1=CC=CC1. The van der Waals surface area contributed by atoms with Crippen molar-refractivity contribution in [1.29, 1.82) is 0 Å². The van der Waals surface area contributed by atoms with Crippen LogP contribution >= 0.6 is 0 Å². The van der Waals surface area contributed by atoms with Crippen LogP contribution in [-0.2, 0) is 16.0 Å². The normalized spacial score (nSPS) is 12.8. The molecule has 1 aromatic rings. The fourth-order valence-corrected chi connectivity index (χ4v) is 1.24. The fourth-order valence-electron chi connectivity index (χ4n) is 1.01. The van der Waals surface area contributed by atoms with Crippen molar-refractivity contribution in [2.75, 3.05) is 0 Å². The molecule has 0 spiro atoms. The number of allylic oxidation sites excluding steroid dienone is 4. The summed E-state index contributed by atoms with van der Waals surface area (Å²) in [6, 6.07) is 10.0. The Morgan fingerprint density at radius 1 is 1.21 bits per heavy atom. The van der Waals surface area contributed by atoms with E-state index in [0.29, 0.717) is 0 Å². The number of benzene rings is 1. The van der Waals surface area contributed by atoms with Gasteiger partial charge in [-0.1, -0.05) is 43.0 Å². The molecule has 1 aromatic carbocycles. The second-order valence-corrected chi connectivity index (χ2v) is 3.55. The minimum atomic E-state index is 1.06. The van der Waals surface area contributed by atoms with Crippen LogP contribution < -0.4 is 0 Å². The van der Waals surface area contributed by atoms with Gasteiger partial charge in [0.05, 0.1) is 0 Å². The molecule has 1 aliphatic carbocycles. The van der Waals surface area contributed by atoms with Gasteiger partial charge in [0.25, 0.3) is 0 Å². The zero-order valence-corrected chi connectivity index (χ0v) is 9.07. The van der Waals surface area contributed by atoms with Crippen molar-refractivity contribution in [2.45, 2.75) is 6.42 Å². The van der Waals surface area contributed by atoms with Crippen LogP contribution in [-0.4, -0.2) is 0 Å². The summed E-state index contributed by atoms with van der Waals surface area (Å²) < 4.78 is 1.22. The summed E-state index contributed by atoms with van der Waals surface area (Å²) >= 11 is 3.74. The van der Waals surface area contributed by atoms with Crippen LogP contribution in [0.3, 0.4) is 0 Å². The molecule has 0 aromatic heterocycles. The summed E-state index contributed by atoms with van der Waals surface area (Å²) in [4.78, 5) is 0. The quantitative estimate of drug-likeness (QED) is 0.639. The van der Waals surface area contributed by atoms with E-state index in [1.807, 2.05) is 48.6 Å². The first kappa shape index (κ1) is 11.0. The van der Waals surface area contributed by atoms with Crippen molar-refractivity contribution in [3.8, 4) is 0 Å². The van der Waals surface area contributed by atoms with Crippen LogP contribution in [0, 0.1) is 0 Å². The zero-order valence-electron chi connectivity index (χ0n) is 7.96. The first-order chi connectivity index (χ1) is 6.83. The van der Waals surface area contributed by atoms with Crippen LogP contribution in [0.2, 0.25) is 0 Å². The Balaban J connectivity index is 0.000000146. The molecule has 1 aliphatic rings. The van der Waals surface area contributed by atoms with Crippen LogP contribution in [0.15, 0.2) is 59.6 Å². The van der Waals surface area contributed by atoms with Crippen molar-refractivity contribution < 1.29 is 16.0 Å². The Morgan fingerprint density at radius 2 is 1.93 bits per heavy atom. The summed E-state index contributed by atoms with van der Waals surface area (Å²) in [5, 5.41) is 0. The molecular weight excluding hydrogens is 212 g/mol. The Labute approximate surface area is 93.9 Å². The molecular formula is C13H13Fe. The summed E-state index contributed by atoms with van der Waals surface area (Å²) in [7, 11) is 0. The Bertz CT molecular complexity index is 334. The van der Waals surface area contributed by atoms with Gasteiger partial charge in [-0.3, -0.25) is 0 Å². The predicted octanol–water partition coefficient (Wildman–Crippen LogP) is 3.71. The molecule has 0 fully saturated rings. The molecule has 0 saturated carbocycles. The second kappa shape index (κ2) is 6.42. The van der Waals surface area contributed by atoms with E-state index in [0.717, 1.165) is 6.42 Å². The van der Waals surface area contributed by atoms with E-state index >= 15 is 0 Å². The third-order valence-electron chi connectivity index (χ3n) is 1.75. The summed E-state index contributed by atoms with van der Waals surface area (Å²) in [6.45, 7) is 3.63. The number of hydrogen-bond acceptors (Lipinski definition) is 0. The first-order valence-electron chi connectivity index (χ1n) is 4.50. The van der Waals surface area contributed by atoms with Gasteiger partial charge in [0.2, 0.25) is 0 Å². The average molecular weight is 225 g/mol. The van der Waals surface area contributed by atoms with Crippen molar-refractivity contribution >= 4 is 6.08 Å². The molecule has 0 unspecified atom stereocenters. The van der Waals surface area contributed by atoms with Crippen LogP contribution in [0.1, 0.15) is 12.0 Å². The monoisotopic (exact) mass is 225 g/mol. The third kappa shape index (κ3) is 4.27. The van der Waals surface area contributed by atoms with E-state index in [1.54, 1.807) is 0 Å². The number of rotatable bonds is 1. The van der Waals surface area contributed by atoms with E-state index in [-0.39, 0.29) is 0 Å². The van der Waals surface area contributed by atoms with Crippen LogP contribution in [0.25, 0.3) is 6.08 Å². The van der Waals surface area contributed by atoms with Crippen molar-refractivity contribution in [1.82, 2.24) is 0 Å². The standard InChI is InChI=1S/C8H8.C5H5.Fe/c1-2-8-6-4-3-5-7-8;1-2-4-5-3-1;/h2-7H,1H2;1-3H,4H2;. The second-order valence-electron chi connectivity index (χ2n) is 2.84. The molecule has 1 heteroatoms. The Morgan fingerprint density at radius 3 is 2.21 bits per heavy atom. The van der Waals surface area contributed by atoms with Crippen LogP contribution in [0.5, 0.6) is 0 Å². The van der Waals surface area contributed by atoms with Gasteiger partial charge >= 0.3 is 45.1 Å². The Hall–Kier alpha value is -1.04. The summed E-state index contributed by atoms with van der Waals surface area (Å²) in [5.41, 5.74) is 1.17. The van der Waals surface area contributed by atoms with Crippen LogP contribution in [0.4, 0.5) is 0 Å². The van der Waals surface area contributed by atoms with E-state index in [1.165, 1.54) is 10.0 Å². The van der Waals surface area contributed by atoms with Gasteiger partial charge in [0, 0.05) is 0 Å². The maximum atomic E-state index is 3.74. The predicted molar refractivity (Wildman–Crippen MR) is 58.4 cm³/mol. The van der Waals surface area contributed by atoms with Gasteiger partial charge in [-0.2, -0.15) is 0 Å². The van der Waals surface area contributed by atoms with Gasteiger partial charge in [0.1, 0.15) is 0 Å². The van der Waals surface area contributed by atoms with E-state index in [4.69, 9.17) is 0 Å². The van der Waals surface area contributed by atoms with Crippen molar-refractivity contribution in [3.05, 3.63) is 65.2 Å². The molecule has 0 radical (unpaired) electrons. The molecule has 0 aliphatic heterocycles. The van der Waals surface area contributed by atoms with E-state index < -0.39 is 0 Å². The molecule has 0 saturated heterocycles. The van der Waals surface area contributed by atoms with Gasteiger partial charge in [-0.05, 0) is 5.56 Å². The van der Waals surface area contributed by atoms with Crippen molar-refractivity contribution in [2.24, 2.45) is 0 Å². The summed E-state index contributed by atoms with van der Waals surface area (Å²) in [6.07, 6.45) is 9.05. The molecule has 0 nitrogen and oxygen atoms in total. The molecule has 0 amide bonds. The van der Waals surface area contributed by atoms with Gasteiger partial charge in [-0.25, -0.2) is 0 Å². The summed E-state index contributed by atoms with van der Waals surface area (Å²) in [5.74, 6) is 0. The van der Waals surface area contributed by atoms with Crippen molar-refractivity contribution in [3.63, 3.8) is 0 Å². The molecule has 0 atom stereocenters. The molecule has 73 valence electrons. The topological polar surface area (TPSA) is 0 Å². The number of hydrogen-bond donors (Lipinski definition) is 0. The fraction of sp³-hybridized carbons (Fsp3) is 0.0769. The molecule has 0 N–H and O–H groups in total. The molecule has 14 heavy (non-hydrogen) atoms. The minimum absolute atomic E-state index is 1.06. The van der Waals surface area contributed by atoms with E-state index in [9.17, 15) is 0 Å². The Kier molecular flexibility index (Phi) is 5.06. The third-order valence-corrected chi connectivity index (χ3v) is 2.16. The maximum absolute atomic E-state index is 3.74.